The van der Waals surface area contributed by atoms with Crippen molar-refractivity contribution >= 4 is 5.97 Å². The average Bonchev–Trinajstić information content (AvgIpc) is 1.35. The van der Waals surface area contributed by atoms with Crippen molar-refractivity contribution < 1.29 is 15.0 Å². The highest BCUT2D eigenvalue weighted by atomic mass is 16.4. The van der Waals surface area contributed by atoms with E-state index in [1.54, 1.807) is 0 Å². The van der Waals surface area contributed by atoms with Crippen molar-refractivity contribution in [1.82, 2.24) is 0 Å². The number of carbonyl (C=O) groups excluding carboxylic acids is 1. The summed E-state index contributed by atoms with van der Waals surface area (Å²) in [4.78, 5) is 9.20. The van der Waals surface area contributed by atoms with Gasteiger partial charge in [0.2, 0.25) is 0 Å². The molecule has 33 valence electrons. The standard InChI is InChI=1S/C3H3O3/c4-2-1-3(5)6/h1-2H,(H,5,6)/p-1/b2-1+. The Morgan fingerprint density at radius 3 is 2.17 bits per heavy atom. The van der Waals surface area contributed by atoms with E-state index >= 15 is 0 Å². The fourth-order valence-electron chi connectivity index (χ4n) is 0.0556. The van der Waals surface area contributed by atoms with Gasteiger partial charge in [-0.25, -0.2) is 0 Å². The lowest BCUT2D eigenvalue weighted by molar-refractivity contribution is -0.297. The number of rotatable bonds is 1. The van der Waals surface area contributed by atoms with Crippen LogP contribution >= 0.6 is 0 Å². The number of aliphatic carboxylic acids is 1. The van der Waals surface area contributed by atoms with Crippen LogP contribution in [-0.4, -0.2) is 5.97 Å². The molecule has 0 aromatic carbocycles. The molecule has 0 aromatic rings. The van der Waals surface area contributed by atoms with Crippen LogP contribution in [-0.2, 0) is 9.90 Å². The summed E-state index contributed by atoms with van der Waals surface area (Å²) < 4.78 is 0. The van der Waals surface area contributed by atoms with E-state index in [1.165, 1.54) is 0 Å². The first-order chi connectivity index (χ1) is 2.77. The van der Waals surface area contributed by atoms with Gasteiger partial charge in [0.05, 0.1) is 5.97 Å². The minimum atomic E-state index is -1.45. The smallest absolute Gasteiger partial charge is 0.144 e. The third kappa shape index (κ3) is 3.01. The Balaban J connectivity index is 3.30. The third-order valence-corrected chi connectivity index (χ3v) is 0.204. The summed E-state index contributed by atoms with van der Waals surface area (Å²) in [6, 6.07) is 0. The normalized spacial score (nSPS) is 9.33. The van der Waals surface area contributed by atoms with E-state index in [1.807, 2.05) is 0 Å². The van der Waals surface area contributed by atoms with Gasteiger partial charge in [-0.2, -0.15) is 0 Å². The summed E-state index contributed by atoms with van der Waals surface area (Å²) in [5.74, 6) is -1.45. The largest absolute Gasteiger partial charge is 0.545 e. The number of hydrogen-bond acceptors (Lipinski definition) is 2. The summed E-state index contributed by atoms with van der Waals surface area (Å²) in [6.07, 6.45) is 0.579. The van der Waals surface area contributed by atoms with Crippen LogP contribution in [0.2, 0.25) is 0 Å². The molecule has 3 nitrogen and oxygen atoms in total. The van der Waals surface area contributed by atoms with E-state index in [9.17, 15) is 9.90 Å². The van der Waals surface area contributed by atoms with Crippen LogP contribution in [0.3, 0.4) is 0 Å². The Kier molecular flexibility index (Phi) is 1.89. The lowest BCUT2D eigenvalue weighted by Crippen LogP contribution is -2.18. The van der Waals surface area contributed by atoms with Gasteiger partial charge in [-0.1, -0.05) is 0 Å². The van der Waals surface area contributed by atoms with Crippen molar-refractivity contribution in [2.24, 2.45) is 0 Å². The highest BCUT2D eigenvalue weighted by Gasteiger charge is 1.64. The lowest BCUT2D eigenvalue weighted by Gasteiger charge is -1.81. The molecule has 1 radical (unpaired) electrons. The van der Waals surface area contributed by atoms with Crippen molar-refractivity contribution in [3.8, 4) is 0 Å². The minimum absolute atomic E-state index is 0.162. The molecule has 0 atom stereocenters. The molecule has 0 amide bonds. The van der Waals surface area contributed by atoms with Gasteiger partial charge >= 0.3 is 0 Å². The van der Waals surface area contributed by atoms with Crippen molar-refractivity contribution in [2.75, 3.05) is 0 Å². The lowest BCUT2D eigenvalue weighted by atomic mass is 10.7. The molecule has 0 saturated carbocycles. The second kappa shape index (κ2) is 2.26. The molecule has 0 heterocycles. The zero-order valence-electron chi connectivity index (χ0n) is 2.88. The van der Waals surface area contributed by atoms with Gasteiger partial charge in [0.15, 0.2) is 0 Å². The molecule has 0 aliphatic heterocycles. The summed E-state index contributed by atoms with van der Waals surface area (Å²) in [5, 5.41) is 18.3. The average molecular weight is 86.0 g/mol. The van der Waals surface area contributed by atoms with Gasteiger partial charge in [-0.15, -0.1) is 0 Å². The molecule has 0 spiro atoms. The molecule has 0 saturated heterocycles. The number of carboxylic acid groups (broad SMARTS) is 1. The first-order valence-electron chi connectivity index (χ1n) is 1.27. The Bertz CT molecular complexity index is 74.1. The highest BCUT2D eigenvalue weighted by Crippen LogP contribution is 1.58. The molecule has 0 unspecified atom stereocenters. The quantitative estimate of drug-likeness (QED) is 0.293. The van der Waals surface area contributed by atoms with Crippen LogP contribution < -0.4 is 5.11 Å². The minimum Gasteiger partial charge on any atom is -0.545 e. The Morgan fingerprint density at radius 2 is 2.17 bits per heavy atom. The van der Waals surface area contributed by atoms with Gasteiger partial charge < -0.3 is 9.90 Å². The molecule has 3 heteroatoms. The zero-order chi connectivity index (χ0) is 4.99. The van der Waals surface area contributed by atoms with Crippen LogP contribution in [0.5, 0.6) is 0 Å². The molecule has 0 rings (SSSR count). The second-order valence-electron chi connectivity index (χ2n) is 0.622. The van der Waals surface area contributed by atoms with Gasteiger partial charge in [0.25, 0.3) is 0 Å². The van der Waals surface area contributed by atoms with Crippen LogP contribution in [0.4, 0.5) is 0 Å². The highest BCUT2D eigenvalue weighted by molar-refractivity contribution is 5.77. The Labute approximate surface area is 34.5 Å². The summed E-state index contributed by atoms with van der Waals surface area (Å²) in [5.41, 5.74) is 0. The van der Waals surface area contributed by atoms with Crippen molar-refractivity contribution in [3.05, 3.63) is 12.3 Å². The maximum atomic E-state index is 9.20. The van der Waals surface area contributed by atoms with E-state index in [4.69, 9.17) is 5.11 Å². The Hall–Kier alpha value is -0.990. The monoisotopic (exact) mass is 86.0 g/mol. The molecule has 0 aromatic heterocycles. The topological polar surface area (TPSA) is 60.0 Å². The predicted octanol–water partition coefficient (Wildman–Crippen LogP) is -1.32. The Morgan fingerprint density at radius 1 is 1.67 bits per heavy atom. The van der Waals surface area contributed by atoms with E-state index in [0.29, 0.717) is 6.08 Å². The van der Waals surface area contributed by atoms with Gasteiger partial charge in [-0.3, -0.25) is 5.11 Å². The van der Waals surface area contributed by atoms with E-state index in [0.717, 1.165) is 0 Å². The van der Waals surface area contributed by atoms with Crippen LogP contribution in [0.25, 0.3) is 0 Å². The van der Waals surface area contributed by atoms with E-state index < -0.39 is 5.97 Å². The number of hydrogen-bond donors (Lipinski definition) is 0. The molecular formula is C3H2O3-. The van der Waals surface area contributed by atoms with Gasteiger partial charge in [0, 0.05) is 6.08 Å². The van der Waals surface area contributed by atoms with Crippen LogP contribution in [0, 0.1) is 0 Å². The van der Waals surface area contributed by atoms with Crippen molar-refractivity contribution in [2.45, 2.75) is 0 Å². The molecule has 0 N–H and O–H groups in total. The summed E-state index contributed by atoms with van der Waals surface area (Å²) in [6.45, 7) is 0. The van der Waals surface area contributed by atoms with Gasteiger partial charge in [-0.05, 0) is 0 Å². The molecule has 0 aliphatic carbocycles. The summed E-state index contributed by atoms with van der Waals surface area (Å²) in [7, 11) is 0. The van der Waals surface area contributed by atoms with E-state index in [-0.39, 0.29) is 6.26 Å². The molecule has 0 fully saturated rings. The SMILES string of the molecule is [O]/C=C/C(=O)[O-]. The van der Waals surface area contributed by atoms with Crippen LogP contribution in [0.15, 0.2) is 12.3 Å². The fraction of sp³-hybridized carbons (Fsp3) is 0. The first kappa shape index (κ1) is 5.01. The summed E-state index contributed by atoms with van der Waals surface area (Å²) >= 11 is 0. The van der Waals surface area contributed by atoms with Crippen molar-refractivity contribution in [1.29, 1.82) is 0 Å². The third-order valence-electron chi connectivity index (χ3n) is 0.204. The van der Waals surface area contributed by atoms with Gasteiger partial charge in [0.1, 0.15) is 6.26 Å². The first-order valence-corrected chi connectivity index (χ1v) is 1.27. The molecular weight excluding hydrogens is 84.0 g/mol. The molecule has 0 aliphatic rings. The predicted molar refractivity (Wildman–Crippen MR) is 14.8 cm³/mol. The maximum Gasteiger partial charge on any atom is 0.144 e. The van der Waals surface area contributed by atoms with Crippen LogP contribution in [0.1, 0.15) is 0 Å². The number of carboxylic acids is 1. The second-order valence-corrected chi connectivity index (χ2v) is 0.622. The maximum absolute atomic E-state index is 9.20. The molecule has 0 bridgehead atoms. The van der Waals surface area contributed by atoms with Crippen molar-refractivity contribution in [3.63, 3.8) is 0 Å². The fourth-order valence-corrected chi connectivity index (χ4v) is 0.0556. The van der Waals surface area contributed by atoms with E-state index in [2.05, 4.69) is 0 Å². The number of carbonyl (C=O) groups is 1. The zero-order valence-corrected chi connectivity index (χ0v) is 2.88. The molecule has 6 heavy (non-hydrogen) atoms.